The van der Waals surface area contributed by atoms with Gasteiger partial charge in [-0.25, -0.2) is 0 Å². The predicted molar refractivity (Wildman–Crippen MR) is 67.9 cm³/mol. The quantitative estimate of drug-likeness (QED) is 0.499. The maximum absolute atomic E-state index is 6.21. The monoisotopic (exact) mass is 245 g/mol. The normalized spacial score (nSPS) is 19.1. The first-order valence-electron chi connectivity index (χ1n) is 6.80. The zero-order valence-electron chi connectivity index (χ0n) is 11.2. The molecule has 4 nitrogen and oxygen atoms in total. The average Bonchev–Trinajstić information content (AvgIpc) is 2.72. The van der Waals surface area contributed by atoms with Crippen molar-refractivity contribution >= 4 is 0 Å². The lowest BCUT2D eigenvalue weighted by Gasteiger charge is -2.24. The van der Waals surface area contributed by atoms with Crippen LogP contribution < -0.4 is 5.73 Å². The van der Waals surface area contributed by atoms with Crippen LogP contribution in [0.25, 0.3) is 0 Å². The first kappa shape index (κ1) is 14.9. The van der Waals surface area contributed by atoms with E-state index in [2.05, 4.69) is 0 Å². The highest BCUT2D eigenvalue weighted by atomic mass is 16.7. The van der Waals surface area contributed by atoms with Gasteiger partial charge in [0.15, 0.2) is 6.29 Å². The Hall–Kier alpha value is -0.160. The lowest BCUT2D eigenvalue weighted by atomic mass is 10.0. The summed E-state index contributed by atoms with van der Waals surface area (Å²) >= 11 is 0. The van der Waals surface area contributed by atoms with Crippen molar-refractivity contribution in [2.45, 2.75) is 57.8 Å². The smallest absolute Gasteiger partial charge is 0.159 e. The summed E-state index contributed by atoms with van der Waals surface area (Å²) in [7, 11) is 0. The minimum Gasteiger partial charge on any atom is -0.379 e. The molecule has 0 amide bonds. The molecule has 17 heavy (non-hydrogen) atoms. The summed E-state index contributed by atoms with van der Waals surface area (Å²) in [6.07, 6.45) is 5.29. The van der Waals surface area contributed by atoms with Gasteiger partial charge in [-0.1, -0.05) is 12.8 Å². The SMILES string of the molecule is CCOC(CCOCC1(N)CCCC1)OCC. The Bertz CT molecular complexity index is 187. The fourth-order valence-corrected chi connectivity index (χ4v) is 2.27. The number of ether oxygens (including phenoxy) is 3. The van der Waals surface area contributed by atoms with Crippen LogP contribution in [-0.4, -0.2) is 38.3 Å². The molecule has 2 N–H and O–H groups in total. The van der Waals surface area contributed by atoms with E-state index in [1.807, 2.05) is 13.8 Å². The zero-order valence-corrected chi connectivity index (χ0v) is 11.2. The molecule has 1 aliphatic rings. The summed E-state index contributed by atoms with van der Waals surface area (Å²) in [6, 6.07) is 0. The minimum absolute atomic E-state index is 0.0767. The van der Waals surface area contributed by atoms with Gasteiger partial charge in [-0.05, 0) is 26.7 Å². The fourth-order valence-electron chi connectivity index (χ4n) is 2.27. The molecule has 1 rings (SSSR count). The molecule has 0 radical (unpaired) electrons. The van der Waals surface area contributed by atoms with E-state index in [0.717, 1.165) is 19.3 Å². The maximum Gasteiger partial charge on any atom is 0.159 e. The first-order valence-corrected chi connectivity index (χ1v) is 6.80. The Balaban J connectivity index is 2.08. The van der Waals surface area contributed by atoms with Gasteiger partial charge < -0.3 is 19.9 Å². The second-order valence-electron chi connectivity index (χ2n) is 4.75. The molecule has 0 aromatic heterocycles. The maximum atomic E-state index is 6.21. The van der Waals surface area contributed by atoms with E-state index in [9.17, 15) is 0 Å². The summed E-state index contributed by atoms with van der Waals surface area (Å²) in [6.45, 7) is 6.61. The number of nitrogens with two attached hydrogens (primary N) is 1. The molecular formula is C13H27NO3. The molecule has 0 bridgehead atoms. The van der Waals surface area contributed by atoms with Crippen molar-refractivity contribution in [3.05, 3.63) is 0 Å². The van der Waals surface area contributed by atoms with Gasteiger partial charge in [0.1, 0.15) is 0 Å². The van der Waals surface area contributed by atoms with Crippen LogP contribution in [0.4, 0.5) is 0 Å². The second kappa shape index (κ2) is 8.03. The number of rotatable bonds is 9. The Morgan fingerprint density at radius 1 is 1.12 bits per heavy atom. The van der Waals surface area contributed by atoms with Crippen LogP contribution in [0.5, 0.6) is 0 Å². The Labute approximate surface area is 105 Å². The third-order valence-corrected chi connectivity index (χ3v) is 3.19. The molecule has 102 valence electrons. The van der Waals surface area contributed by atoms with Gasteiger partial charge in [0.2, 0.25) is 0 Å². The molecule has 0 saturated heterocycles. The predicted octanol–water partition coefficient (Wildman–Crippen LogP) is 2.06. The minimum atomic E-state index is -0.137. The molecule has 0 spiro atoms. The third-order valence-electron chi connectivity index (χ3n) is 3.19. The average molecular weight is 245 g/mol. The topological polar surface area (TPSA) is 53.7 Å². The molecule has 0 unspecified atom stereocenters. The van der Waals surface area contributed by atoms with Crippen LogP contribution in [0.2, 0.25) is 0 Å². The second-order valence-corrected chi connectivity index (χ2v) is 4.75. The van der Waals surface area contributed by atoms with Crippen molar-refractivity contribution < 1.29 is 14.2 Å². The summed E-state index contributed by atoms with van der Waals surface area (Å²) in [5.41, 5.74) is 6.13. The van der Waals surface area contributed by atoms with Crippen molar-refractivity contribution in [1.82, 2.24) is 0 Å². The van der Waals surface area contributed by atoms with Gasteiger partial charge in [-0.3, -0.25) is 0 Å². The Morgan fingerprint density at radius 2 is 1.71 bits per heavy atom. The largest absolute Gasteiger partial charge is 0.379 e. The first-order chi connectivity index (χ1) is 8.20. The third kappa shape index (κ3) is 5.82. The number of hydrogen-bond donors (Lipinski definition) is 1. The molecule has 0 heterocycles. The van der Waals surface area contributed by atoms with Crippen LogP contribution >= 0.6 is 0 Å². The van der Waals surface area contributed by atoms with E-state index < -0.39 is 0 Å². The van der Waals surface area contributed by atoms with Gasteiger partial charge in [-0.2, -0.15) is 0 Å². The van der Waals surface area contributed by atoms with Gasteiger partial charge in [0.25, 0.3) is 0 Å². The highest BCUT2D eigenvalue weighted by Gasteiger charge is 2.29. The van der Waals surface area contributed by atoms with Crippen LogP contribution in [0, 0.1) is 0 Å². The summed E-state index contributed by atoms with van der Waals surface area (Å²) in [5.74, 6) is 0. The molecule has 0 aliphatic heterocycles. The summed E-state index contributed by atoms with van der Waals surface area (Å²) in [4.78, 5) is 0. The van der Waals surface area contributed by atoms with Crippen LogP contribution in [0.1, 0.15) is 46.0 Å². The molecular weight excluding hydrogens is 218 g/mol. The molecule has 1 fully saturated rings. The van der Waals surface area contributed by atoms with E-state index in [0.29, 0.717) is 26.4 Å². The molecule has 0 aromatic carbocycles. The highest BCUT2D eigenvalue weighted by Crippen LogP contribution is 2.27. The Morgan fingerprint density at radius 3 is 2.24 bits per heavy atom. The lowest BCUT2D eigenvalue weighted by molar-refractivity contribution is -0.147. The number of hydrogen-bond acceptors (Lipinski definition) is 4. The van der Waals surface area contributed by atoms with E-state index in [-0.39, 0.29) is 11.8 Å². The van der Waals surface area contributed by atoms with E-state index >= 15 is 0 Å². The van der Waals surface area contributed by atoms with Crippen LogP contribution in [-0.2, 0) is 14.2 Å². The van der Waals surface area contributed by atoms with Gasteiger partial charge >= 0.3 is 0 Å². The molecule has 4 heteroatoms. The van der Waals surface area contributed by atoms with Crippen molar-refractivity contribution in [1.29, 1.82) is 0 Å². The zero-order chi connectivity index (χ0) is 12.6. The summed E-state index contributed by atoms with van der Waals surface area (Å²) in [5, 5.41) is 0. The van der Waals surface area contributed by atoms with Gasteiger partial charge in [0, 0.05) is 25.2 Å². The van der Waals surface area contributed by atoms with Gasteiger partial charge in [-0.15, -0.1) is 0 Å². The van der Waals surface area contributed by atoms with E-state index in [1.54, 1.807) is 0 Å². The van der Waals surface area contributed by atoms with E-state index in [1.165, 1.54) is 12.8 Å². The van der Waals surface area contributed by atoms with Crippen molar-refractivity contribution in [2.75, 3.05) is 26.4 Å². The van der Waals surface area contributed by atoms with Crippen molar-refractivity contribution in [2.24, 2.45) is 5.73 Å². The molecule has 1 saturated carbocycles. The molecule has 0 aromatic rings. The lowest BCUT2D eigenvalue weighted by Crippen LogP contribution is -2.41. The van der Waals surface area contributed by atoms with Crippen LogP contribution in [0.3, 0.4) is 0 Å². The standard InChI is InChI=1S/C13H27NO3/c1-3-16-12(17-4-2)7-10-15-11-13(14)8-5-6-9-13/h12H,3-11,14H2,1-2H3. The molecule has 0 atom stereocenters. The Kier molecular flexibility index (Phi) is 7.04. The molecule has 1 aliphatic carbocycles. The highest BCUT2D eigenvalue weighted by molar-refractivity contribution is 4.88. The fraction of sp³-hybridized carbons (Fsp3) is 1.00. The van der Waals surface area contributed by atoms with Crippen molar-refractivity contribution in [3.8, 4) is 0 Å². The van der Waals surface area contributed by atoms with Gasteiger partial charge in [0.05, 0.1) is 13.2 Å². The van der Waals surface area contributed by atoms with Crippen molar-refractivity contribution in [3.63, 3.8) is 0 Å². The van der Waals surface area contributed by atoms with E-state index in [4.69, 9.17) is 19.9 Å². The van der Waals surface area contributed by atoms with Crippen LogP contribution in [0.15, 0.2) is 0 Å². The summed E-state index contributed by atoms with van der Waals surface area (Å²) < 4.78 is 16.6.